The number of rotatable bonds is 6. The Kier molecular flexibility index (Phi) is 6.22. The van der Waals surface area contributed by atoms with Crippen molar-refractivity contribution in [3.05, 3.63) is 48.2 Å². The number of benzene rings is 1. The number of carbonyl (C=O) groups excluding carboxylic acids is 1. The van der Waals surface area contributed by atoms with Crippen LogP contribution in [0.5, 0.6) is 0 Å². The molecule has 0 spiro atoms. The van der Waals surface area contributed by atoms with Gasteiger partial charge in [0.05, 0.1) is 0 Å². The van der Waals surface area contributed by atoms with Gasteiger partial charge in [0.2, 0.25) is 0 Å². The van der Waals surface area contributed by atoms with Crippen molar-refractivity contribution in [3.8, 4) is 11.1 Å². The standard InChI is InChI=1S/C23H30N4O/c28-23(24-12-17-26-13-4-5-14-26)20-8-6-19(7-9-20)21-10-11-22(25-18-21)27-15-2-1-3-16-27/h6-11,18H,1-5,12-17H2,(H,24,28). The van der Waals surface area contributed by atoms with E-state index < -0.39 is 0 Å². The average molecular weight is 379 g/mol. The second kappa shape index (κ2) is 9.20. The summed E-state index contributed by atoms with van der Waals surface area (Å²) in [6.07, 6.45) is 8.34. The van der Waals surface area contributed by atoms with E-state index in [0.717, 1.165) is 49.7 Å². The average Bonchev–Trinajstić information content (AvgIpc) is 3.28. The number of anilines is 1. The second-order valence-corrected chi connectivity index (χ2v) is 7.83. The number of hydrogen-bond acceptors (Lipinski definition) is 4. The third-order valence-corrected chi connectivity index (χ3v) is 5.82. The lowest BCUT2D eigenvalue weighted by atomic mass is 10.1. The van der Waals surface area contributed by atoms with Gasteiger partial charge >= 0.3 is 0 Å². The van der Waals surface area contributed by atoms with Crippen LogP contribution in [0.4, 0.5) is 5.82 Å². The van der Waals surface area contributed by atoms with Crippen LogP contribution in [-0.2, 0) is 0 Å². The highest BCUT2D eigenvalue weighted by Gasteiger charge is 2.13. The Morgan fingerprint density at radius 3 is 2.21 bits per heavy atom. The van der Waals surface area contributed by atoms with E-state index in [-0.39, 0.29) is 5.91 Å². The van der Waals surface area contributed by atoms with Crippen molar-refractivity contribution in [1.29, 1.82) is 0 Å². The van der Waals surface area contributed by atoms with E-state index in [4.69, 9.17) is 0 Å². The van der Waals surface area contributed by atoms with Crippen LogP contribution in [0, 0.1) is 0 Å². The summed E-state index contributed by atoms with van der Waals surface area (Å²) in [5.41, 5.74) is 2.89. The molecule has 5 nitrogen and oxygen atoms in total. The zero-order chi connectivity index (χ0) is 19.2. The highest BCUT2D eigenvalue weighted by atomic mass is 16.1. The third kappa shape index (κ3) is 4.71. The van der Waals surface area contributed by atoms with Crippen LogP contribution >= 0.6 is 0 Å². The monoisotopic (exact) mass is 378 g/mol. The molecule has 1 aromatic carbocycles. The van der Waals surface area contributed by atoms with Crippen molar-refractivity contribution in [2.75, 3.05) is 44.2 Å². The van der Waals surface area contributed by atoms with E-state index in [0.29, 0.717) is 12.1 Å². The van der Waals surface area contributed by atoms with Crippen molar-refractivity contribution in [3.63, 3.8) is 0 Å². The molecule has 0 atom stereocenters. The van der Waals surface area contributed by atoms with E-state index in [2.05, 4.69) is 32.2 Å². The van der Waals surface area contributed by atoms with Crippen molar-refractivity contribution < 1.29 is 4.79 Å². The molecule has 28 heavy (non-hydrogen) atoms. The van der Waals surface area contributed by atoms with Crippen LogP contribution in [0.3, 0.4) is 0 Å². The molecular formula is C23H30N4O. The first kappa shape index (κ1) is 18.9. The Bertz CT molecular complexity index is 760. The number of carbonyl (C=O) groups is 1. The van der Waals surface area contributed by atoms with Gasteiger partial charge < -0.3 is 15.1 Å². The number of piperidine rings is 1. The zero-order valence-electron chi connectivity index (χ0n) is 16.6. The normalized spacial score (nSPS) is 17.6. The van der Waals surface area contributed by atoms with Crippen molar-refractivity contribution in [2.24, 2.45) is 0 Å². The maximum Gasteiger partial charge on any atom is 0.251 e. The Labute approximate surface area is 167 Å². The molecule has 0 aliphatic carbocycles. The molecule has 1 amide bonds. The minimum atomic E-state index is 0.00400. The Hall–Kier alpha value is -2.40. The van der Waals surface area contributed by atoms with Crippen LogP contribution in [0.2, 0.25) is 0 Å². The summed E-state index contributed by atoms with van der Waals surface area (Å²) in [5, 5.41) is 3.03. The highest BCUT2D eigenvalue weighted by Crippen LogP contribution is 2.23. The molecular weight excluding hydrogens is 348 g/mol. The van der Waals surface area contributed by atoms with E-state index in [1.165, 1.54) is 32.1 Å². The van der Waals surface area contributed by atoms with Gasteiger partial charge in [-0.05, 0) is 75.0 Å². The molecule has 3 heterocycles. The molecule has 0 bridgehead atoms. The largest absolute Gasteiger partial charge is 0.357 e. The van der Waals surface area contributed by atoms with Gasteiger partial charge in [-0.3, -0.25) is 4.79 Å². The van der Waals surface area contributed by atoms with Gasteiger partial charge in [-0.25, -0.2) is 4.98 Å². The summed E-state index contributed by atoms with van der Waals surface area (Å²) >= 11 is 0. The van der Waals surface area contributed by atoms with E-state index in [1.54, 1.807) is 0 Å². The van der Waals surface area contributed by atoms with Gasteiger partial charge in [0, 0.05) is 43.5 Å². The number of pyridine rings is 1. The lowest BCUT2D eigenvalue weighted by Gasteiger charge is -2.27. The highest BCUT2D eigenvalue weighted by molar-refractivity contribution is 5.94. The first-order valence-corrected chi connectivity index (χ1v) is 10.6. The first-order valence-electron chi connectivity index (χ1n) is 10.6. The molecule has 2 aliphatic heterocycles. The van der Waals surface area contributed by atoms with Gasteiger partial charge in [0.15, 0.2) is 0 Å². The number of amides is 1. The molecule has 5 heteroatoms. The third-order valence-electron chi connectivity index (χ3n) is 5.82. The van der Waals surface area contributed by atoms with Crippen LogP contribution in [0.25, 0.3) is 11.1 Å². The smallest absolute Gasteiger partial charge is 0.251 e. The van der Waals surface area contributed by atoms with Gasteiger partial charge in [-0.15, -0.1) is 0 Å². The fraction of sp³-hybridized carbons (Fsp3) is 0.478. The number of aromatic nitrogens is 1. The summed E-state index contributed by atoms with van der Waals surface area (Å²) in [6, 6.07) is 12.1. The predicted molar refractivity (Wildman–Crippen MR) is 114 cm³/mol. The molecule has 0 saturated carbocycles. The SMILES string of the molecule is O=C(NCCN1CCCC1)c1ccc(-c2ccc(N3CCCCC3)nc2)cc1. The fourth-order valence-corrected chi connectivity index (χ4v) is 4.12. The molecule has 148 valence electrons. The number of hydrogen-bond donors (Lipinski definition) is 1. The summed E-state index contributed by atoms with van der Waals surface area (Å²) < 4.78 is 0. The van der Waals surface area contributed by atoms with Gasteiger partial charge in [0.25, 0.3) is 5.91 Å². The molecule has 2 aliphatic rings. The fourth-order valence-electron chi connectivity index (χ4n) is 4.12. The molecule has 4 rings (SSSR count). The predicted octanol–water partition coefficient (Wildman–Crippen LogP) is 3.56. The van der Waals surface area contributed by atoms with E-state index in [9.17, 15) is 4.79 Å². The van der Waals surface area contributed by atoms with Crippen molar-refractivity contribution in [1.82, 2.24) is 15.2 Å². The molecule has 1 N–H and O–H groups in total. The molecule has 0 radical (unpaired) electrons. The van der Waals surface area contributed by atoms with Gasteiger partial charge in [0.1, 0.15) is 5.82 Å². The Balaban J connectivity index is 1.32. The van der Waals surface area contributed by atoms with Crippen molar-refractivity contribution in [2.45, 2.75) is 32.1 Å². The zero-order valence-corrected chi connectivity index (χ0v) is 16.6. The minimum Gasteiger partial charge on any atom is -0.357 e. The van der Waals surface area contributed by atoms with E-state index >= 15 is 0 Å². The maximum atomic E-state index is 12.3. The maximum absolute atomic E-state index is 12.3. The molecule has 2 aromatic rings. The second-order valence-electron chi connectivity index (χ2n) is 7.83. The molecule has 2 fully saturated rings. The first-order chi connectivity index (χ1) is 13.8. The lowest BCUT2D eigenvalue weighted by molar-refractivity contribution is 0.0950. The van der Waals surface area contributed by atoms with Crippen molar-refractivity contribution >= 4 is 11.7 Å². The lowest BCUT2D eigenvalue weighted by Crippen LogP contribution is -2.33. The molecule has 0 unspecified atom stereocenters. The summed E-state index contributed by atoms with van der Waals surface area (Å²) in [5.74, 6) is 1.07. The summed E-state index contributed by atoms with van der Waals surface area (Å²) in [4.78, 5) is 21.8. The Morgan fingerprint density at radius 2 is 1.54 bits per heavy atom. The summed E-state index contributed by atoms with van der Waals surface area (Å²) in [7, 11) is 0. The number of likely N-dealkylation sites (tertiary alicyclic amines) is 1. The van der Waals surface area contributed by atoms with Crippen LogP contribution < -0.4 is 10.2 Å². The number of nitrogens with zero attached hydrogens (tertiary/aromatic N) is 3. The van der Waals surface area contributed by atoms with Gasteiger partial charge in [-0.2, -0.15) is 0 Å². The van der Waals surface area contributed by atoms with Gasteiger partial charge in [-0.1, -0.05) is 12.1 Å². The molecule has 2 saturated heterocycles. The van der Waals surface area contributed by atoms with E-state index in [1.807, 2.05) is 30.5 Å². The van der Waals surface area contributed by atoms with Crippen LogP contribution in [-0.4, -0.2) is 55.1 Å². The molecule has 1 aromatic heterocycles. The summed E-state index contributed by atoms with van der Waals surface area (Å²) in [6.45, 7) is 6.19. The minimum absolute atomic E-state index is 0.00400. The van der Waals surface area contributed by atoms with Crippen LogP contribution in [0.1, 0.15) is 42.5 Å². The topological polar surface area (TPSA) is 48.5 Å². The van der Waals surface area contributed by atoms with Crippen LogP contribution in [0.15, 0.2) is 42.6 Å². The Morgan fingerprint density at radius 1 is 0.857 bits per heavy atom. The quantitative estimate of drug-likeness (QED) is 0.835. The number of nitrogens with one attached hydrogen (secondary N) is 1.